The van der Waals surface area contributed by atoms with E-state index in [1.807, 2.05) is 12.1 Å². The van der Waals surface area contributed by atoms with Gasteiger partial charge >= 0.3 is 0 Å². The van der Waals surface area contributed by atoms with E-state index in [-0.39, 0.29) is 11.9 Å². The highest BCUT2D eigenvalue weighted by molar-refractivity contribution is 5.77. The molecule has 0 spiro atoms. The molecule has 1 atom stereocenters. The molecule has 5 nitrogen and oxygen atoms in total. The van der Waals surface area contributed by atoms with Crippen molar-refractivity contribution in [3.8, 4) is 5.75 Å². The summed E-state index contributed by atoms with van der Waals surface area (Å²) < 4.78 is 0. The van der Waals surface area contributed by atoms with E-state index < -0.39 is 0 Å². The lowest BCUT2D eigenvalue weighted by atomic mass is 9.95. The number of aromatic hydroxyl groups is 1. The van der Waals surface area contributed by atoms with Gasteiger partial charge in [0.05, 0.1) is 32.2 Å². The van der Waals surface area contributed by atoms with E-state index in [1.165, 1.54) is 16.0 Å². The summed E-state index contributed by atoms with van der Waals surface area (Å²) in [7, 11) is 0. The molecule has 156 valence electrons. The summed E-state index contributed by atoms with van der Waals surface area (Å²) in [6.07, 6.45) is 1.03. The van der Waals surface area contributed by atoms with Gasteiger partial charge in [0.1, 0.15) is 5.75 Å². The first kappa shape index (κ1) is 21.2. The van der Waals surface area contributed by atoms with E-state index >= 15 is 0 Å². The van der Waals surface area contributed by atoms with Crippen LogP contribution in [-0.4, -0.2) is 43.7 Å². The summed E-state index contributed by atoms with van der Waals surface area (Å²) in [5.74, 6) is 0.753. The zero-order chi connectivity index (χ0) is 20.8. The second kappa shape index (κ2) is 9.79. The maximum Gasteiger partial charge on any atom is 0.275 e. The number of hydrogen-bond acceptors (Lipinski definition) is 3. The fourth-order valence-electron chi connectivity index (χ4n) is 3.97. The molecule has 1 saturated heterocycles. The molecule has 2 aromatic rings. The van der Waals surface area contributed by atoms with E-state index in [2.05, 4.69) is 55.3 Å². The Hall–Kier alpha value is -2.53. The highest BCUT2D eigenvalue weighted by Crippen LogP contribution is 2.22. The number of carbonyl (C=O) groups excluding carboxylic acids is 1. The van der Waals surface area contributed by atoms with Crippen molar-refractivity contribution in [1.29, 1.82) is 0 Å². The number of quaternary nitrogens is 1. The second-order valence-electron chi connectivity index (χ2n) is 8.31. The van der Waals surface area contributed by atoms with Crippen LogP contribution in [0.15, 0.2) is 48.5 Å². The minimum Gasteiger partial charge on any atom is -0.508 e. The Morgan fingerprint density at radius 1 is 1.07 bits per heavy atom. The lowest BCUT2D eigenvalue weighted by Gasteiger charge is -2.33. The van der Waals surface area contributed by atoms with Gasteiger partial charge in [-0.15, -0.1) is 0 Å². The van der Waals surface area contributed by atoms with Crippen LogP contribution >= 0.6 is 0 Å². The van der Waals surface area contributed by atoms with Crippen LogP contribution in [0, 0.1) is 5.92 Å². The van der Waals surface area contributed by atoms with Crippen LogP contribution in [-0.2, 0) is 11.2 Å². The highest BCUT2D eigenvalue weighted by Gasteiger charge is 2.25. The molecular weight excluding hydrogens is 362 g/mol. The first-order valence-corrected chi connectivity index (χ1v) is 10.7. The van der Waals surface area contributed by atoms with Gasteiger partial charge in [0.25, 0.3) is 5.91 Å². The van der Waals surface area contributed by atoms with Crippen molar-refractivity contribution < 1.29 is 14.8 Å². The van der Waals surface area contributed by atoms with E-state index in [4.69, 9.17) is 0 Å². The number of phenols is 1. The minimum absolute atomic E-state index is 0.0473. The van der Waals surface area contributed by atoms with Gasteiger partial charge in [0, 0.05) is 5.69 Å². The maximum absolute atomic E-state index is 12.7. The summed E-state index contributed by atoms with van der Waals surface area (Å²) in [6.45, 7) is 10.7. The summed E-state index contributed by atoms with van der Waals surface area (Å²) in [5, 5.41) is 12.7. The van der Waals surface area contributed by atoms with Gasteiger partial charge in [0.15, 0.2) is 6.54 Å². The van der Waals surface area contributed by atoms with Crippen LogP contribution in [0.3, 0.4) is 0 Å². The van der Waals surface area contributed by atoms with Crippen LogP contribution in [0.25, 0.3) is 0 Å². The van der Waals surface area contributed by atoms with E-state index in [0.29, 0.717) is 18.2 Å². The average Bonchev–Trinajstić information content (AvgIpc) is 2.73. The lowest BCUT2D eigenvalue weighted by Crippen LogP contribution is -3.16. The molecule has 1 aliphatic heterocycles. The summed E-state index contributed by atoms with van der Waals surface area (Å²) in [6, 6.07) is 16.0. The minimum atomic E-state index is 0.0473. The Balaban J connectivity index is 1.52. The average molecular weight is 397 g/mol. The largest absolute Gasteiger partial charge is 0.508 e. The predicted octanol–water partition coefficient (Wildman–Crippen LogP) is 2.17. The van der Waals surface area contributed by atoms with Crippen LogP contribution < -0.4 is 15.1 Å². The normalized spacial score (nSPS) is 16.1. The zero-order valence-corrected chi connectivity index (χ0v) is 17.8. The molecule has 1 heterocycles. The highest BCUT2D eigenvalue weighted by atomic mass is 16.3. The topological polar surface area (TPSA) is 57.0 Å². The Kier molecular flexibility index (Phi) is 7.15. The first-order chi connectivity index (χ1) is 14.0. The molecule has 0 bridgehead atoms. The summed E-state index contributed by atoms with van der Waals surface area (Å²) in [5.41, 5.74) is 3.62. The molecule has 1 amide bonds. The Morgan fingerprint density at radius 3 is 2.24 bits per heavy atom. The molecule has 1 fully saturated rings. The van der Waals surface area contributed by atoms with Crippen LogP contribution in [0.1, 0.15) is 37.9 Å². The molecule has 29 heavy (non-hydrogen) atoms. The molecule has 3 rings (SSSR count). The molecule has 1 aliphatic rings. The molecule has 0 radical (unpaired) electrons. The van der Waals surface area contributed by atoms with Crippen molar-refractivity contribution in [3.63, 3.8) is 0 Å². The number of nitrogens with one attached hydrogen (secondary N) is 2. The van der Waals surface area contributed by atoms with Crippen molar-refractivity contribution in [3.05, 3.63) is 59.7 Å². The third kappa shape index (κ3) is 5.73. The summed E-state index contributed by atoms with van der Waals surface area (Å²) >= 11 is 0. The number of benzene rings is 2. The second-order valence-corrected chi connectivity index (χ2v) is 8.31. The fraction of sp³-hybridized carbons (Fsp3) is 0.458. The number of piperazine rings is 1. The maximum atomic E-state index is 12.7. The number of aryl methyl sites for hydroxylation is 1. The molecular formula is C24H34N3O2+. The third-order valence-electron chi connectivity index (χ3n) is 5.83. The van der Waals surface area contributed by atoms with Gasteiger partial charge in [-0.1, -0.05) is 45.0 Å². The Morgan fingerprint density at radius 2 is 1.69 bits per heavy atom. The predicted molar refractivity (Wildman–Crippen MR) is 117 cm³/mol. The van der Waals surface area contributed by atoms with Crippen molar-refractivity contribution in [2.75, 3.05) is 37.6 Å². The fourth-order valence-corrected chi connectivity index (χ4v) is 3.97. The molecule has 2 aromatic carbocycles. The van der Waals surface area contributed by atoms with Crippen LogP contribution in [0.2, 0.25) is 0 Å². The van der Waals surface area contributed by atoms with Gasteiger partial charge in [0.2, 0.25) is 0 Å². The molecule has 0 aliphatic carbocycles. The standard InChI is InChI=1S/C24H33N3O2/c1-4-19-5-7-20(8-6-19)24(18(2)3)25-23(29)17-26-13-15-27(16-14-26)21-9-11-22(28)12-10-21/h5-12,18,24,28H,4,13-17H2,1-3H3,(H,25,29)/p+1/t24-/m1/s1. The Bertz CT molecular complexity index is 779. The van der Waals surface area contributed by atoms with E-state index in [1.54, 1.807) is 12.1 Å². The molecule has 0 saturated carbocycles. The molecule has 3 N–H and O–H groups in total. The number of rotatable bonds is 7. The number of phenolic OH excluding ortho intramolecular Hbond substituents is 1. The first-order valence-electron chi connectivity index (χ1n) is 10.7. The van der Waals surface area contributed by atoms with Crippen LogP contribution in [0.4, 0.5) is 5.69 Å². The SMILES string of the molecule is CCc1ccc([C@H](NC(=O)C[NH+]2CCN(c3ccc(O)cc3)CC2)C(C)C)cc1. The Labute approximate surface area is 174 Å². The monoisotopic (exact) mass is 396 g/mol. The van der Waals surface area contributed by atoms with Crippen molar-refractivity contribution in [2.45, 2.75) is 33.2 Å². The third-order valence-corrected chi connectivity index (χ3v) is 5.83. The summed E-state index contributed by atoms with van der Waals surface area (Å²) in [4.78, 5) is 16.4. The van der Waals surface area contributed by atoms with Gasteiger partial charge in [-0.2, -0.15) is 0 Å². The van der Waals surface area contributed by atoms with Crippen molar-refractivity contribution >= 4 is 11.6 Å². The van der Waals surface area contributed by atoms with Crippen molar-refractivity contribution in [1.82, 2.24) is 5.32 Å². The number of anilines is 1. The van der Waals surface area contributed by atoms with Gasteiger partial charge in [-0.3, -0.25) is 4.79 Å². The smallest absolute Gasteiger partial charge is 0.275 e. The van der Waals surface area contributed by atoms with Crippen LogP contribution in [0.5, 0.6) is 5.75 Å². The number of nitrogens with zero attached hydrogens (tertiary/aromatic N) is 1. The molecule has 0 unspecified atom stereocenters. The van der Waals surface area contributed by atoms with Gasteiger partial charge < -0.3 is 20.2 Å². The van der Waals surface area contributed by atoms with Gasteiger partial charge in [-0.25, -0.2) is 0 Å². The van der Waals surface area contributed by atoms with Gasteiger partial charge in [-0.05, 0) is 47.7 Å². The van der Waals surface area contributed by atoms with Crippen molar-refractivity contribution in [2.24, 2.45) is 5.92 Å². The number of carbonyl (C=O) groups is 1. The molecule has 0 aromatic heterocycles. The number of hydrogen-bond donors (Lipinski definition) is 3. The molecule has 5 heteroatoms. The quantitative estimate of drug-likeness (QED) is 0.672. The lowest BCUT2D eigenvalue weighted by molar-refractivity contribution is -0.892. The number of amides is 1. The zero-order valence-electron chi connectivity index (χ0n) is 17.8. The van der Waals surface area contributed by atoms with E-state index in [0.717, 1.165) is 38.3 Å². The van der Waals surface area contributed by atoms with E-state index in [9.17, 15) is 9.90 Å².